The highest BCUT2D eigenvalue weighted by Gasteiger charge is 2.33. The summed E-state index contributed by atoms with van der Waals surface area (Å²) in [6, 6.07) is 0. The first-order valence-corrected chi connectivity index (χ1v) is 5.37. The highest BCUT2D eigenvalue weighted by Crippen LogP contribution is 2.33. The molecule has 1 N–H and O–H groups in total. The van der Waals surface area contributed by atoms with Crippen LogP contribution in [0.4, 0.5) is 0 Å². The average molecular weight is 208 g/mol. The maximum absolute atomic E-state index is 11.0. The van der Waals surface area contributed by atoms with Crippen LogP contribution in [0.5, 0.6) is 0 Å². The van der Waals surface area contributed by atoms with Crippen molar-refractivity contribution in [1.82, 2.24) is 9.55 Å². The van der Waals surface area contributed by atoms with Crippen LogP contribution in [0.2, 0.25) is 0 Å². The van der Waals surface area contributed by atoms with Crippen molar-refractivity contribution in [3.63, 3.8) is 0 Å². The molecule has 0 aromatic carbocycles. The zero-order chi connectivity index (χ0) is 10.8. The van der Waals surface area contributed by atoms with Gasteiger partial charge in [-0.1, -0.05) is 6.42 Å². The lowest BCUT2D eigenvalue weighted by molar-refractivity contribution is -0.142. The van der Waals surface area contributed by atoms with Gasteiger partial charge in [-0.3, -0.25) is 4.79 Å². The maximum atomic E-state index is 11.0. The molecule has 1 saturated carbocycles. The Kier molecular flexibility index (Phi) is 2.75. The monoisotopic (exact) mass is 208 g/mol. The van der Waals surface area contributed by atoms with Crippen molar-refractivity contribution in [3.05, 3.63) is 18.2 Å². The first-order valence-electron chi connectivity index (χ1n) is 5.37. The van der Waals surface area contributed by atoms with E-state index < -0.39 is 5.97 Å². The Bertz CT molecular complexity index is 359. The molecular formula is C11H16N2O2. The van der Waals surface area contributed by atoms with Crippen LogP contribution in [-0.2, 0) is 18.3 Å². The number of carboxylic acids is 1. The molecule has 0 aliphatic heterocycles. The van der Waals surface area contributed by atoms with Gasteiger partial charge in [0, 0.05) is 25.9 Å². The molecule has 0 radical (unpaired) electrons. The summed E-state index contributed by atoms with van der Waals surface area (Å²) in [6.45, 7) is 0. The van der Waals surface area contributed by atoms with E-state index in [4.69, 9.17) is 5.11 Å². The van der Waals surface area contributed by atoms with Crippen LogP contribution < -0.4 is 0 Å². The molecule has 0 amide bonds. The molecule has 4 heteroatoms. The molecule has 82 valence electrons. The smallest absolute Gasteiger partial charge is 0.306 e. The highest BCUT2D eigenvalue weighted by atomic mass is 16.4. The highest BCUT2D eigenvalue weighted by molar-refractivity contribution is 5.70. The Labute approximate surface area is 88.9 Å². The van der Waals surface area contributed by atoms with E-state index in [1.165, 1.54) is 0 Å². The second-order valence-electron chi connectivity index (χ2n) is 4.29. The molecule has 1 aliphatic carbocycles. The Morgan fingerprint density at radius 3 is 3.07 bits per heavy atom. The summed E-state index contributed by atoms with van der Waals surface area (Å²) in [6.07, 6.45) is 7.33. The van der Waals surface area contributed by atoms with E-state index in [1.54, 1.807) is 6.20 Å². The summed E-state index contributed by atoms with van der Waals surface area (Å²) in [5.74, 6) is 0.449. The summed E-state index contributed by atoms with van der Waals surface area (Å²) < 4.78 is 1.97. The van der Waals surface area contributed by atoms with Gasteiger partial charge >= 0.3 is 5.97 Å². The zero-order valence-electron chi connectivity index (χ0n) is 8.89. The number of aryl methyl sites for hydroxylation is 1. The standard InChI is InChI=1S/C11H16N2O2/c1-13-6-5-12-10(13)7-8-3-2-4-9(8)11(14)15/h5-6,8-9H,2-4,7H2,1H3,(H,14,15). The second-order valence-corrected chi connectivity index (χ2v) is 4.29. The average Bonchev–Trinajstić information content (AvgIpc) is 2.77. The normalized spacial score (nSPS) is 25.7. The molecule has 2 rings (SSSR count). The number of carbonyl (C=O) groups is 1. The number of hydrogen-bond acceptors (Lipinski definition) is 2. The van der Waals surface area contributed by atoms with Gasteiger partial charge in [-0.05, 0) is 18.8 Å². The van der Waals surface area contributed by atoms with Crippen LogP contribution in [0.3, 0.4) is 0 Å². The lowest BCUT2D eigenvalue weighted by Gasteiger charge is -2.14. The van der Waals surface area contributed by atoms with Gasteiger partial charge in [-0.2, -0.15) is 0 Å². The number of rotatable bonds is 3. The summed E-state index contributed by atoms with van der Waals surface area (Å²) in [4.78, 5) is 15.2. The molecule has 0 saturated heterocycles. The third-order valence-corrected chi connectivity index (χ3v) is 3.34. The second kappa shape index (κ2) is 4.04. The molecule has 1 heterocycles. The molecule has 15 heavy (non-hydrogen) atoms. The Balaban J connectivity index is 2.06. The molecule has 1 aliphatic rings. The van der Waals surface area contributed by atoms with E-state index in [9.17, 15) is 4.79 Å². The van der Waals surface area contributed by atoms with Gasteiger partial charge in [0.05, 0.1) is 5.92 Å². The van der Waals surface area contributed by atoms with Crippen LogP contribution in [0.1, 0.15) is 25.1 Å². The number of nitrogens with zero attached hydrogens (tertiary/aromatic N) is 2. The first-order chi connectivity index (χ1) is 7.18. The van der Waals surface area contributed by atoms with Gasteiger partial charge in [-0.25, -0.2) is 4.98 Å². The van der Waals surface area contributed by atoms with E-state index in [0.29, 0.717) is 0 Å². The summed E-state index contributed by atoms with van der Waals surface area (Å²) in [5.41, 5.74) is 0. The van der Waals surface area contributed by atoms with Crippen LogP contribution in [0, 0.1) is 11.8 Å². The predicted molar refractivity (Wildman–Crippen MR) is 55.4 cm³/mol. The molecular weight excluding hydrogens is 192 g/mol. The minimum absolute atomic E-state index is 0.165. The molecule has 1 fully saturated rings. The van der Waals surface area contributed by atoms with Crippen molar-refractivity contribution < 1.29 is 9.90 Å². The fourth-order valence-electron chi connectivity index (χ4n) is 2.43. The predicted octanol–water partition coefficient (Wildman–Crippen LogP) is 1.46. The van der Waals surface area contributed by atoms with Gasteiger partial charge in [0.2, 0.25) is 0 Å². The molecule has 4 nitrogen and oxygen atoms in total. The topological polar surface area (TPSA) is 55.1 Å². The van der Waals surface area contributed by atoms with Crippen LogP contribution >= 0.6 is 0 Å². The molecule has 0 spiro atoms. The quantitative estimate of drug-likeness (QED) is 0.818. The zero-order valence-corrected chi connectivity index (χ0v) is 8.89. The molecule has 1 aromatic rings. The van der Waals surface area contributed by atoms with Crippen LogP contribution in [0.25, 0.3) is 0 Å². The van der Waals surface area contributed by atoms with Crippen molar-refractivity contribution in [3.8, 4) is 0 Å². The lowest BCUT2D eigenvalue weighted by Crippen LogP contribution is -2.21. The Morgan fingerprint density at radius 1 is 1.67 bits per heavy atom. The van der Waals surface area contributed by atoms with E-state index in [2.05, 4.69) is 4.98 Å². The summed E-state index contributed by atoms with van der Waals surface area (Å²) in [5, 5.41) is 9.05. The SMILES string of the molecule is Cn1ccnc1CC1CCCC1C(=O)O. The number of hydrogen-bond donors (Lipinski definition) is 1. The van der Waals surface area contributed by atoms with Crippen molar-refractivity contribution in [1.29, 1.82) is 0 Å². The van der Waals surface area contributed by atoms with Gasteiger partial charge in [0.15, 0.2) is 0 Å². The van der Waals surface area contributed by atoms with E-state index in [1.807, 2.05) is 17.8 Å². The summed E-state index contributed by atoms with van der Waals surface area (Å²) >= 11 is 0. The first kappa shape index (κ1) is 10.2. The van der Waals surface area contributed by atoms with Gasteiger partial charge in [0.25, 0.3) is 0 Å². The van der Waals surface area contributed by atoms with Crippen molar-refractivity contribution in [2.24, 2.45) is 18.9 Å². The number of imidazole rings is 1. The third kappa shape index (κ3) is 2.03. The van der Waals surface area contributed by atoms with Crippen LogP contribution in [0.15, 0.2) is 12.4 Å². The maximum Gasteiger partial charge on any atom is 0.306 e. The lowest BCUT2D eigenvalue weighted by atomic mass is 9.93. The fourth-order valence-corrected chi connectivity index (χ4v) is 2.43. The molecule has 2 unspecified atom stereocenters. The minimum atomic E-state index is -0.647. The Morgan fingerprint density at radius 2 is 2.47 bits per heavy atom. The van der Waals surface area contributed by atoms with Crippen molar-refractivity contribution in [2.75, 3.05) is 0 Å². The van der Waals surface area contributed by atoms with Crippen LogP contribution in [-0.4, -0.2) is 20.6 Å². The van der Waals surface area contributed by atoms with Gasteiger partial charge in [0.1, 0.15) is 5.82 Å². The van der Waals surface area contributed by atoms with E-state index in [-0.39, 0.29) is 11.8 Å². The third-order valence-electron chi connectivity index (χ3n) is 3.34. The van der Waals surface area contributed by atoms with E-state index >= 15 is 0 Å². The molecule has 0 bridgehead atoms. The number of aliphatic carboxylic acids is 1. The fraction of sp³-hybridized carbons (Fsp3) is 0.636. The van der Waals surface area contributed by atoms with E-state index in [0.717, 1.165) is 31.5 Å². The largest absolute Gasteiger partial charge is 0.481 e. The number of carboxylic acid groups (broad SMARTS) is 1. The molecule has 2 atom stereocenters. The van der Waals surface area contributed by atoms with Crippen molar-refractivity contribution >= 4 is 5.97 Å². The number of aromatic nitrogens is 2. The molecule has 1 aromatic heterocycles. The summed E-state index contributed by atoms with van der Waals surface area (Å²) in [7, 11) is 1.95. The minimum Gasteiger partial charge on any atom is -0.481 e. The van der Waals surface area contributed by atoms with Gasteiger partial charge < -0.3 is 9.67 Å². The van der Waals surface area contributed by atoms with Crippen molar-refractivity contribution in [2.45, 2.75) is 25.7 Å². The van der Waals surface area contributed by atoms with Gasteiger partial charge in [-0.15, -0.1) is 0 Å². The Hall–Kier alpha value is -1.32.